The molecule has 4 rings (SSSR count). The van der Waals surface area contributed by atoms with Crippen molar-refractivity contribution in [3.8, 4) is 22.7 Å². The van der Waals surface area contributed by atoms with Crippen LogP contribution in [-0.2, 0) is 11.3 Å². The highest BCUT2D eigenvalue weighted by Gasteiger charge is 2.24. The van der Waals surface area contributed by atoms with Crippen LogP contribution in [0.3, 0.4) is 0 Å². The molecule has 3 aromatic rings. The number of hydrogen-bond acceptors (Lipinski definition) is 4. The molecule has 1 fully saturated rings. The van der Waals surface area contributed by atoms with Crippen LogP contribution in [0.5, 0.6) is 5.75 Å². The van der Waals surface area contributed by atoms with Crippen LogP contribution in [0.1, 0.15) is 19.4 Å². The van der Waals surface area contributed by atoms with Crippen LogP contribution in [0.2, 0.25) is 0 Å². The molecule has 28 heavy (non-hydrogen) atoms. The van der Waals surface area contributed by atoms with Gasteiger partial charge in [0.25, 0.3) is 0 Å². The number of morpholine rings is 1. The molecule has 1 aliphatic heterocycles. The van der Waals surface area contributed by atoms with E-state index in [4.69, 9.17) is 14.6 Å². The Labute approximate surface area is 166 Å². The summed E-state index contributed by atoms with van der Waals surface area (Å²) < 4.78 is 13.2. The summed E-state index contributed by atoms with van der Waals surface area (Å²) in [5, 5.41) is 4.93. The molecule has 2 atom stereocenters. The van der Waals surface area contributed by atoms with Gasteiger partial charge in [-0.25, -0.2) is 4.68 Å². The Hall–Kier alpha value is -2.63. The van der Waals surface area contributed by atoms with Crippen molar-refractivity contribution < 1.29 is 9.47 Å². The average molecular weight is 377 g/mol. The van der Waals surface area contributed by atoms with Crippen LogP contribution < -0.4 is 4.74 Å². The van der Waals surface area contributed by atoms with Crippen molar-refractivity contribution in [1.29, 1.82) is 0 Å². The molecular formula is C23H27N3O2. The normalized spacial score (nSPS) is 20.2. The number of ether oxygens (including phenoxy) is 2. The van der Waals surface area contributed by atoms with Gasteiger partial charge in [-0.1, -0.05) is 18.2 Å². The van der Waals surface area contributed by atoms with Gasteiger partial charge in [-0.15, -0.1) is 0 Å². The molecule has 0 bridgehead atoms. The molecule has 2 heterocycles. The quantitative estimate of drug-likeness (QED) is 0.669. The van der Waals surface area contributed by atoms with E-state index < -0.39 is 0 Å². The molecule has 0 radical (unpaired) electrons. The molecule has 0 aliphatic carbocycles. The first kappa shape index (κ1) is 18.7. The third-order valence-corrected chi connectivity index (χ3v) is 5.06. The van der Waals surface area contributed by atoms with E-state index in [0.717, 1.165) is 42.3 Å². The van der Waals surface area contributed by atoms with E-state index in [2.05, 4.69) is 49.2 Å². The summed E-state index contributed by atoms with van der Waals surface area (Å²) in [5.41, 5.74) is 4.39. The molecule has 0 spiro atoms. The largest absolute Gasteiger partial charge is 0.497 e. The van der Waals surface area contributed by atoms with Gasteiger partial charge in [-0.05, 0) is 50.2 Å². The highest BCUT2D eigenvalue weighted by atomic mass is 16.5. The summed E-state index contributed by atoms with van der Waals surface area (Å²) in [6.07, 6.45) is 2.65. The number of hydrogen-bond donors (Lipinski definition) is 0. The van der Waals surface area contributed by atoms with Crippen molar-refractivity contribution in [1.82, 2.24) is 14.7 Å². The number of para-hydroxylation sites is 1. The van der Waals surface area contributed by atoms with Crippen LogP contribution in [0.15, 0.2) is 60.8 Å². The van der Waals surface area contributed by atoms with Crippen molar-refractivity contribution in [3.63, 3.8) is 0 Å². The molecule has 5 heteroatoms. The van der Waals surface area contributed by atoms with E-state index in [-0.39, 0.29) is 12.2 Å². The molecule has 0 N–H and O–H groups in total. The van der Waals surface area contributed by atoms with Crippen LogP contribution in [0.25, 0.3) is 16.9 Å². The van der Waals surface area contributed by atoms with Crippen molar-refractivity contribution in [2.75, 3.05) is 20.2 Å². The fourth-order valence-electron chi connectivity index (χ4n) is 3.88. The lowest BCUT2D eigenvalue weighted by Crippen LogP contribution is -2.44. The zero-order valence-electron chi connectivity index (χ0n) is 16.7. The fraction of sp³-hybridized carbons (Fsp3) is 0.348. The maximum Gasteiger partial charge on any atom is 0.118 e. The predicted octanol–water partition coefficient (Wildman–Crippen LogP) is 4.16. The van der Waals surface area contributed by atoms with E-state index in [1.54, 1.807) is 7.11 Å². The molecule has 0 amide bonds. The Morgan fingerprint density at radius 3 is 2.32 bits per heavy atom. The van der Waals surface area contributed by atoms with E-state index in [0.29, 0.717) is 0 Å². The van der Waals surface area contributed by atoms with Crippen LogP contribution >= 0.6 is 0 Å². The third-order valence-electron chi connectivity index (χ3n) is 5.06. The molecule has 1 aromatic heterocycles. The fourth-order valence-corrected chi connectivity index (χ4v) is 3.88. The van der Waals surface area contributed by atoms with Crippen molar-refractivity contribution in [2.24, 2.45) is 0 Å². The maximum atomic E-state index is 5.89. The highest BCUT2D eigenvalue weighted by Crippen LogP contribution is 2.27. The number of benzene rings is 2. The molecular weight excluding hydrogens is 350 g/mol. The second kappa shape index (κ2) is 8.17. The van der Waals surface area contributed by atoms with Gasteiger partial charge in [0.2, 0.25) is 0 Å². The van der Waals surface area contributed by atoms with Crippen molar-refractivity contribution in [3.05, 3.63) is 66.4 Å². The molecule has 0 unspecified atom stereocenters. The molecule has 1 saturated heterocycles. The Bertz CT molecular complexity index is 895. The van der Waals surface area contributed by atoms with Gasteiger partial charge >= 0.3 is 0 Å². The minimum Gasteiger partial charge on any atom is -0.497 e. The lowest BCUT2D eigenvalue weighted by molar-refractivity contribution is -0.0704. The van der Waals surface area contributed by atoms with Crippen LogP contribution in [0, 0.1) is 0 Å². The molecule has 0 saturated carbocycles. The SMILES string of the molecule is COc1ccc(-c2nn(-c3ccccc3)cc2CN2C[C@@H](C)O[C@@H](C)C2)cc1. The Kier molecular flexibility index (Phi) is 5.46. The number of rotatable bonds is 5. The van der Waals surface area contributed by atoms with E-state index in [9.17, 15) is 0 Å². The van der Waals surface area contributed by atoms with Crippen LogP contribution in [-0.4, -0.2) is 47.1 Å². The minimum atomic E-state index is 0.248. The molecule has 5 nitrogen and oxygen atoms in total. The zero-order chi connectivity index (χ0) is 19.5. The first-order valence-electron chi connectivity index (χ1n) is 9.78. The zero-order valence-corrected chi connectivity index (χ0v) is 16.7. The Morgan fingerprint density at radius 2 is 1.68 bits per heavy atom. The summed E-state index contributed by atoms with van der Waals surface area (Å²) in [6, 6.07) is 18.4. The third kappa shape index (κ3) is 4.11. The standard InChI is InChI=1S/C23H27N3O2/c1-17-13-25(14-18(2)28-17)15-20-16-26(21-7-5-4-6-8-21)24-23(20)19-9-11-22(27-3)12-10-19/h4-12,16-18H,13-15H2,1-3H3/t17-,18+. The number of aromatic nitrogens is 2. The monoisotopic (exact) mass is 377 g/mol. The first-order chi connectivity index (χ1) is 13.6. The summed E-state index contributed by atoms with van der Waals surface area (Å²) in [6.45, 7) is 7.00. The Balaban J connectivity index is 1.69. The lowest BCUT2D eigenvalue weighted by atomic mass is 10.1. The topological polar surface area (TPSA) is 39.5 Å². The minimum absolute atomic E-state index is 0.248. The first-order valence-corrected chi connectivity index (χ1v) is 9.78. The summed E-state index contributed by atoms with van der Waals surface area (Å²) >= 11 is 0. The van der Waals surface area contributed by atoms with E-state index >= 15 is 0 Å². The molecule has 2 aromatic carbocycles. The molecule has 1 aliphatic rings. The predicted molar refractivity (Wildman–Crippen MR) is 111 cm³/mol. The van der Waals surface area contributed by atoms with E-state index in [1.807, 2.05) is 35.0 Å². The second-order valence-corrected chi connectivity index (χ2v) is 7.46. The summed E-state index contributed by atoms with van der Waals surface area (Å²) in [4.78, 5) is 2.46. The van der Waals surface area contributed by atoms with Gasteiger partial charge in [-0.3, -0.25) is 4.90 Å². The smallest absolute Gasteiger partial charge is 0.118 e. The number of nitrogens with zero attached hydrogens (tertiary/aromatic N) is 3. The van der Waals surface area contributed by atoms with Crippen LogP contribution in [0.4, 0.5) is 0 Å². The molecule has 146 valence electrons. The summed E-state index contributed by atoms with van der Waals surface area (Å²) in [5.74, 6) is 0.851. The number of methoxy groups -OCH3 is 1. The summed E-state index contributed by atoms with van der Waals surface area (Å²) in [7, 11) is 1.69. The van der Waals surface area contributed by atoms with Gasteiger partial charge < -0.3 is 9.47 Å². The van der Waals surface area contributed by atoms with Gasteiger partial charge in [-0.2, -0.15) is 5.10 Å². The van der Waals surface area contributed by atoms with Gasteiger partial charge in [0.05, 0.1) is 30.7 Å². The lowest BCUT2D eigenvalue weighted by Gasteiger charge is -2.35. The second-order valence-electron chi connectivity index (χ2n) is 7.46. The van der Waals surface area contributed by atoms with Crippen molar-refractivity contribution in [2.45, 2.75) is 32.6 Å². The Morgan fingerprint density at radius 1 is 1.00 bits per heavy atom. The average Bonchev–Trinajstić information content (AvgIpc) is 3.11. The van der Waals surface area contributed by atoms with Crippen molar-refractivity contribution >= 4 is 0 Å². The van der Waals surface area contributed by atoms with Gasteiger partial charge in [0.1, 0.15) is 5.75 Å². The highest BCUT2D eigenvalue weighted by molar-refractivity contribution is 5.64. The maximum absolute atomic E-state index is 5.89. The van der Waals surface area contributed by atoms with Gasteiger partial charge in [0, 0.05) is 37.0 Å². The van der Waals surface area contributed by atoms with E-state index in [1.165, 1.54) is 5.56 Å². The van der Waals surface area contributed by atoms with Gasteiger partial charge in [0.15, 0.2) is 0 Å².